The number of carbonyl (C=O) groups is 1. The summed E-state index contributed by atoms with van der Waals surface area (Å²) in [6, 6.07) is -0.0702. The van der Waals surface area contributed by atoms with E-state index in [1.807, 2.05) is 6.92 Å². The molecule has 7 nitrogen and oxygen atoms in total. The summed E-state index contributed by atoms with van der Waals surface area (Å²) in [5.74, 6) is 0.861. The molecule has 1 aliphatic carbocycles. The zero-order chi connectivity index (χ0) is 18.8. The van der Waals surface area contributed by atoms with Crippen molar-refractivity contribution in [3.63, 3.8) is 0 Å². The lowest BCUT2D eigenvalue weighted by atomic mass is 9.81. The van der Waals surface area contributed by atoms with Gasteiger partial charge in [0.2, 0.25) is 0 Å². The topological polar surface area (TPSA) is 81.7 Å². The number of piperidine rings is 1. The summed E-state index contributed by atoms with van der Waals surface area (Å²) in [7, 11) is 0. The number of quaternary nitrogens is 2. The molecule has 0 amide bonds. The number of fused-ring (bicyclic) bond motifs is 1. The molecule has 0 radical (unpaired) electrons. The highest BCUT2D eigenvalue weighted by molar-refractivity contribution is 5.82. The second kappa shape index (κ2) is 8.63. The normalized spacial score (nSPS) is 42.4. The highest BCUT2D eigenvalue weighted by Crippen LogP contribution is 2.27. The Balaban J connectivity index is 1.60. The summed E-state index contributed by atoms with van der Waals surface area (Å²) >= 11 is 0. The van der Waals surface area contributed by atoms with Gasteiger partial charge in [0.25, 0.3) is 0 Å². The Bertz CT molecular complexity index is 489. The first-order valence-electron chi connectivity index (χ1n) is 10.4. The van der Waals surface area contributed by atoms with E-state index in [-0.39, 0.29) is 17.8 Å². The second-order valence-electron chi connectivity index (χ2n) is 8.71. The van der Waals surface area contributed by atoms with Crippen molar-refractivity contribution in [3.05, 3.63) is 5.21 Å². The van der Waals surface area contributed by atoms with Crippen LogP contribution in [0.25, 0.3) is 0 Å². The predicted octanol–water partition coefficient (Wildman–Crippen LogP) is -0.754. The fourth-order valence-electron chi connectivity index (χ4n) is 5.34. The van der Waals surface area contributed by atoms with Crippen LogP contribution >= 0.6 is 0 Å². The van der Waals surface area contributed by atoms with Crippen LogP contribution in [0.15, 0.2) is 0 Å². The van der Waals surface area contributed by atoms with Crippen LogP contribution in [0.1, 0.15) is 52.9 Å². The summed E-state index contributed by atoms with van der Waals surface area (Å²) in [4.78, 5) is 17.0. The fourth-order valence-corrected chi connectivity index (χ4v) is 5.34. The van der Waals surface area contributed by atoms with Gasteiger partial charge < -0.3 is 14.8 Å². The zero-order valence-electron chi connectivity index (χ0n) is 16.4. The van der Waals surface area contributed by atoms with E-state index in [0.29, 0.717) is 38.2 Å². The van der Waals surface area contributed by atoms with Gasteiger partial charge >= 0.3 is 0 Å². The van der Waals surface area contributed by atoms with Crippen molar-refractivity contribution in [1.82, 2.24) is 4.90 Å². The minimum absolute atomic E-state index is 0.123. The van der Waals surface area contributed by atoms with E-state index in [0.717, 1.165) is 25.4 Å². The minimum Gasteiger partial charge on any atom is -0.600 e. The smallest absolute Gasteiger partial charge is 0.190 e. The number of hydrogen-bond donors (Lipinski definition) is 3. The predicted molar refractivity (Wildman–Crippen MR) is 96.7 cm³/mol. The molecule has 2 heterocycles. The highest BCUT2D eigenvalue weighted by atomic mass is 16.8. The summed E-state index contributed by atoms with van der Waals surface area (Å²) in [6.45, 7) is 9.75. The van der Waals surface area contributed by atoms with Gasteiger partial charge in [-0.25, -0.2) is 15.3 Å². The maximum Gasteiger partial charge on any atom is 0.190 e. The van der Waals surface area contributed by atoms with Gasteiger partial charge in [0.05, 0.1) is 12.6 Å². The van der Waals surface area contributed by atoms with Gasteiger partial charge in [-0.2, -0.15) is 0 Å². The molecule has 0 bridgehead atoms. The third kappa shape index (κ3) is 4.29. The van der Waals surface area contributed by atoms with Gasteiger partial charge in [0.1, 0.15) is 24.9 Å². The third-order valence-corrected chi connectivity index (χ3v) is 6.86. The maximum atomic E-state index is 13.0. The molecule has 26 heavy (non-hydrogen) atoms. The molecule has 0 aromatic rings. The number of nitrogens with one attached hydrogen (secondary N) is 2. The standard InChI is InChI=1S/C19H35N3O4/c1-4-26-18-6-5-15(10-16(18)22(24)25)17(23)12-21-14(3)11-20-8-7-13(2)9-19(20)21/h13-16,18-19,22,24H,4-12H2,1-3H3/p+1. The Labute approximate surface area is 156 Å². The number of hydrogen-bond acceptors (Lipinski definition) is 5. The first-order chi connectivity index (χ1) is 12.4. The minimum atomic E-state index is -0.824. The van der Waals surface area contributed by atoms with E-state index in [2.05, 4.69) is 18.7 Å². The molecule has 3 aliphatic rings. The molecular weight excluding hydrogens is 334 g/mol. The molecule has 8 atom stereocenters. The summed E-state index contributed by atoms with van der Waals surface area (Å²) in [6.07, 6.45) is 4.53. The van der Waals surface area contributed by atoms with Crippen LogP contribution in [-0.2, 0) is 9.53 Å². The first-order valence-corrected chi connectivity index (χ1v) is 10.4. The van der Waals surface area contributed by atoms with Crippen molar-refractivity contribution in [3.8, 4) is 0 Å². The van der Waals surface area contributed by atoms with Gasteiger partial charge in [-0.1, -0.05) is 6.92 Å². The number of hydroxylamine groups is 2. The van der Waals surface area contributed by atoms with Crippen LogP contribution in [0.3, 0.4) is 0 Å². The molecule has 3 rings (SSSR count). The molecule has 1 saturated carbocycles. The fraction of sp³-hybridized carbons (Fsp3) is 0.947. The SMILES string of the molecule is CCOC1CCC(C(=O)C[NH+]2C(C)CN3CCC(C)CC32)CC1[NH+]([O-])O. The number of ketones is 1. The van der Waals surface area contributed by atoms with Crippen LogP contribution in [0, 0.1) is 17.0 Å². The number of ether oxygens (including phenoxy) is 1. The van der Waals surface area contributed by atoms with E-state index in [1.165, 1.54) is 17.7 Å². The van der Waals surface area contributed by atoms with Crippen LogP contribution in [-0.4, -0.2) is 66.5 Å². The molecule has 0 aromatic heterocycles. The zero-order valence-corrected chi connectivity index (χ0v) is 16.4. The number of Topliss-reactive ketones (excluding diaryl/α,β-unsaturated/α-hetero) is 1. The molecular formula is C19H36N3O4+. The number of nitrogens with zero attached hydrogens (tertiary/aromatic N) is 1. The largest absolute Gasteiger partial charge is 0.600 e. The Morgan fingerprint density at radius 2 is 2.08 bits per heavy atom. The molecule has 0 spiro atoms. The van der Waals surface area contributed by atoms with Gasteiger partial charge in [-0.05, 0) is 39.0 Å². The number of carbonyl (C=O) groups excluding carboxylic acids is 1. The molecule has 0 aromatic carbocycles. The summed E-state index contributed by atoms with van der Waals surface area (Å²) < 4.78 is 5.61. The molecule has 2 aliphatic heterocycles. The Morgan fingerprint density at radius 1 is 1.31 bits per heavy atom. The Kier molecular flexibility index (Phi) is 6.69. The monoisotopic (exact) mass is 370 g/mol. The quantitative estimate of drug-likeness (QED) is 0.536. The van der Waals surface area contributed by atoms with Gasteiger partial charge in [0, 0.05) is 31.9 Å². The lowest BCUT2D eigenvalue weighted by Gasteiger charge is -2.38. The first kappa shape index (κ1) is 20.2. The summed E-state index contributed by atoms with van der Waals surface area (Å²) in [5.41, 5.74) is 0. The van der Waals surface area contributed by atoms with Crippen LogP contribution in [0.4, 0.5) is 0 Å². The Morgan fingerprint density at radius 3 is 2.77 bits per heavy atom. The van der Waals surface area contributed by atoms with Crippen LogP contribution in [0.2, 0.25) is 0 Å². The third-order valence-electron chi connectivity index (χ3n) is 6.86. The van der Waals surface area contributed by atoms with Crippen LogP contribution in [0.5, 0.6) is 0 Å². The average Bonchev–Trinajstić information content (AvgIpc) is 2.90. The van der Waals surface area contributed by atoms with E-state index in [9.17, 15) is 15.2 Å². The molecule has 3 N–H and O–H groups in total. The van der Waals surface area contributed by atoms with Gasteiger partial charge in [0.15, 0.2) is 5.78 Å². The van der Waals surface area contributed by atoms with Crippen molar-refractivity contribution in [2.75, 3.05) is 26.2 Å². The van der Waals surface area contributed by atoms with E-state index in [4.69, 9.17) is 4.74 Å². The average molecular weight is 371 g/mol. The lowest BCUT2D eigenvalue weighted by Crippen LogP contribution is -3.18. The lowest BCUT2D eigenvalue weighted by molar-refractivity contribution is -1.07. The van der Waals surface area contributed by atoms with Gasteiger partial charge in [-0.15, -0.1) is 0 Å². The van der Waals surface area contributed by atoms with Crippen molar-refractivity contribution in [2.45, 2.75) is 77.2 Å². The molecule has 150 valence electrons. The van der Waals surface area contributed by atoms with E-state index < -0.39 is 11.3 Å². The van der Waals surface area contributed by atoms with Crippen molar-refractivity contribution < 1.29 is 24.9 Å². The number of rotatable bonds is 6. The molecule has 3 fully saturated rings. The molecule has 8 unspecified atom stereocenters. The summed E-state index contributed by atoms with van der Waals surface area (Å²) in [5, 5.41) is 20.3. The highest BCUT2D eigenvalue weighted by Gasteiger charge is 2.46. The molecule has 2 saturated heterocycles. The van der Waals surface area contributed by atoms with Crippen molar-refractivity contribution in [1.29, 1.82) is 0 Å². The van der Waals surface area contributed by atoms with Crippen molar-refractivity contribution in [2.24, 2.45) is 11.8 Å². The maximum absolute atomic E-state index is 13.0. The van der Waals surface area contributed by atoms with E-state index in [1.54, 1.807) is 0 Å². The van der Waals surface area contributed by atoms with Crippen LogP contribution < -0.4 is 10.1 Å². The van der Waals surface area contributed by atoms with E-state index >= 15 is 0 Å². The second-order valence-corrected chi connectivity index (χ2v) is 8.71. The van der Waals surface area contributed by atoms with Crippen molar-refractivity contribution >= 4 is 5.78 Å². The molecule has 7 heteroatoms. The van der Waals surface area contributed by atoms with Gasteiger partial charge in [-0.3, -0.25) is 4.79 Å². The Hall–Kier alpha value is -0.570.